The zero-order valence-electron chi connectivity index (χ0n) is 11.5. The van der Waals surface area contributed by atoms with Crippen LogP contribution in [0.3, 0.4) is 0 Å². The third kappa shape index (κ3) is 13.1. The van der Waals surface area contributed by atoms with Crippen LogP contribution >= 0.6 is 0 Å². The minimum Gasteiger partial charge on any atom is -0.481 e. The lowest BCUT2D eigenvalue weighted by molar-refractivity contribution is -0.137. The third-order valence-corrected chi connectivity index (χ3v) is 3.01. The Morgan fingerprint density at radius 3 is 2.18 bits per heavy atom. The molecule has 0 rings (SSSR count). The van der Waals surface area contributed by atoms with E-state index in [0.717, 1.165) is 12.8 Å². The highest BCUT2D eigenvalue weighted by Crippen LogP contribution is 2.12. The van der Waals surface area contributed by atoms with Gasteiger partial charge in [-0.1, -0.05) is 50.7 Å². The molecule has 0 heterocycles. The number of carboxylic acids is 1. The van der Waals surface area contributed by atoms with Gasteiger partial charge in [0.25, 0.3) is 0 Å². The van der Waals surface area contributed by atoms with Crippen LogP contribution in [0.4, 0.5) is 0 Å². The smallest absolute Gasteiger partial charge is 0.303 e. The topological polar surface area (TPSA) is 37.3 Å². The Bertz CT molecular complexity index is 219. The van der Waals surface area contributed by atoms with Gasteiger partial charge in [-0.3, -0.25) is 4.79 Å². The molecule has 0 saturated carbocycles. The molecule has 2 heteroatoms. The molecule has 100 valence electrons. The highest BCUT2D eigenvalue weighted by Gasteiger charge is 1.96. The van der Waals surface area contributed by atoms with Crippen molar-refractivity contribution in [2.24, 2.45) is 0 Å². The fourth-order valence-corrected chi connectivity index (χ4v) is 1.87. The van der Waals surface area contributed by atoms with Crippen molar-refractivity contribution in [2.45, 2.75) is 78.1 Å². The number of allylic oxidation sites excluding steroid dienone is 2. The van der Waals surface area contributed by atoms with Gasteiger partial charge in [0, 0.05) is 6.42 Å². The Balaban J connectivity index is 3.27. The zero-order chi connectivity index (χ0) is 12.9. The first-order chi connectivity index (χ1) is 8.16. The molecule has 0 aromatic rings. The number of hydrogen-bond acceptors (Lipinski definition) is 1. The van der Waals surface area contributed by atoms with Crippen LogP contribution in [0.25, 0.3) is 0 Å². The molecular formula is C15H28O2. The first-order valence-electron chi connectivity index (χ1n) is 7.04. The standard InChI is InChI=1S/C15H28O2/c1-3-4-8-11-14(2)12-9-6-5-7-10-13-15(16)17/h11H,3-10,12-13H2,1-2H3,(H,16,17). The van der Waals surface area contributed by atoms with Crippen molar-refractivity contribution in [3.8, 4) is 0 Å². The molecule has 0 aliphatic carbocycles. The molecule has 0 saturated heterocycles. The number of aliphatic carboxylic acids is 1. The molecule has 0 amide bonds. The van der Waals surface area contributed by atoms with Crippen LogP contribution in [0.2, 0.25) is 0 Å². The Hall–Kier alpha value is -0.790. The number of carbonyl (C=O) groups is 1. The largest absolute Gasteiger partial charge is 0.481 e. The van der Waals surface area contributed by atoms with E-state index >= 15 is 0 Å². The Kier molecular flexibility index (Phi) is 11.1. The maximum atomic E-state index is 10.3. The summed E-state index contributed by atoms with van der Waals surface area (Å²) in [6.45, 7) is 4.44. The lowest BCUT2D eigenvalue weighted by Gasteiger charge is -2.02. The number of hydrogen-bond donors (Lipinski definition) is 1. The maximum Gasteiger partial charge on any atom is 0.303 e. The van der Waals surface area contributed by atoms with Crippen molar-refractivity contribution in [1.29, 1.82) is 0 Å². The lowest BCUT2D eigenvalue weighted by Crippen LogP contribution is -1.93. The molecule has 0 bridgehead atoms. The van der Waals surface area contributed by atoms with Crippen molar-refractivity contribution in [2.75, 3.05) is 0 Å². The van der Waals surface area contributed by atoms with Crippen LogP contribution in [-0.2, 0) is 4.79 Å². The van der Waals surface area contributed by atoms with E-state index < -0.39 is 5.97 Å². The highest BCUT2D eigenvalue weighted by molar-refractivity contribution is 5.66. The van der Waals surface area contributed by atoms with Gasteiger partial charge >= 0.3 is 5.97 Å². The molecule has 0 aliphatic heterocycles. The van der Waals surface area contributed by atoms with Gasteiger partial charge in [0.1, 0.15) is 0 Å². The first kappa shape index (κ1) is 16.2. The van der Waals surface area contributed by atoms with Crippen LogP contribution in [0.1, 0.15) is 78.1 Å². The van der Waals surface area contributed by atoms with Crippen LogP contribution < -0.4 is 0 Å². The van der Waals surface area contributed by atoms with E-state index in [4.69, 9.17) is 5.11 Å². The Morgan fingerprint density at radius 1 is 1.00 bits per heavy atom. The fourth-order valence-electron chi connectivity index (χ4n) is 1.87. The van der Waals surface area contributed by atoms with E-state index in [1.54, 1.807) is 0 Å². The lowest BCUT2D eigenvalue weighted by atomic mass is 10.0. The van der Waals surface area contributed by atoms with Gasteiger partial charge in [0.2, 0.25) is 0 Å². The molecule has 17 heavy (non-hydrogen) atoms. The van der Waals surface area contributed by atoms with Crippen molar-refractivity contribution in [3.05, 3.63) is 11.6 Å². The molecular weight excluding hydrogens is 212 g/mol. The molecule has 0 spiro atoms. The zero-order valence-corrected chi connectivity index (χ0v) is 11.5. The van der Waals surface area contributed by atoms with E-state index in [2.05, 4.69) is 19.9 Å². The molecule has 1 N–H and O–H groups in total. The summed E-state index contributed by atoms with van der Waals surface area (Å²) in [5.41, 5.74) is 1.52. The van der Waals surface area contributed by atoms with E-state index in [1.165, 1.54) is 50.5 Å². The highest BCUT2D eigenvalue weighted by atomic mass is 16.4. The van der Waals surface area contributed by atoms with Crippen molar-refractivity contribution in [1.82, 2.24) is 0 Å². The van der Waals surface area contributed by atoms with Crippen LogP contribution in [0.5, 0.6) is 0 Å². The number of rotatable bonds is 11. The maximum absolute atomic E-state index is 10.3. The summed E-state index contributed by atoms with van der Waals surface area (Å²) < 4.78 is 0. The molecule has 0 aromatic carbocycles. The van der Waals surface area contributed by atoms with Gasteiger partial charge in [-0.25, -0.2) is 0 Å². The summed E-state index contributed by atoms with van der Waals surface area (Å²) in [7, 11) is 0. The molecule has 0 aliphatic rings. The van der Waals surface area contributed by atoms with Gasteiger partial charge in [-0.15, -0.1) is 0 Å². The average Bonchev–Trinajstić information content (AvgIpc) is 2.28. The second-order valence-electron chi connectivity index (χ2n) is 4.85. The van der Waals surface area contributed by atoms with Gasteiger partial charge in [0.05, 0.1) is 0 Å². The minimum absolute atomic E-state index is 0.329. The summed E-state index contributed by atoms with van der Waals surface area (Å²) in [5.74, 6) is -0.667. The van der Waals surface area contributed by atoms with Crippen LogP contribution in [0, 0.1) is 0 Å². The molecule has 0 radical (unpaired) electrons. The van der Waals surface area contributed by atoms with Gasteiger partial charge in [0.15, 0.2) is 0 Å². The van der Waals surface area contributed by atoms with Gasteiger partial charge < -0.3 is 5.11 Å². The SMILES string of the molecule is CCCCC=C(C)CCCCCCCC(=O)O. The predicted molar refractivity (Wildman–Crippen MR) is 73.2 cm³/mol. The average molecular weight is 240 g/mol. The molecule has 0 aromatic heterocycles. The summed E-state index contributed by atoms with van der Waals surface area (Å²) in [5, 5.41) is 8.48. The normalized spacial score (nSPS) is 11.8. The quantitative estimate of drug-likeness (QED) is 0.410. The summed E-state index contributed by atoms with van der Waals surface area (Å²) in [6, 6.07) is 0. The van der Waals surface area contributed by atoms with E-state index in [0.29, 0.717) is 6.42 Å². The van der Waals surface area contributed by atoms with Crippen molar-refractivity contribution < 1.29 is 9.90 Å². The number of unbranched alkanes of at least 4 members (excludes halogenated alkanes) is 6. The fraction of sp³-hybridized carbons (Fsp3) is 0.800. The third-order valence-electron chi connectivity index (χ3n) is 3.01. The van der Waals surface area contributed by atoms with Crippen LogP contribution in [0.15, 0.2) is 11.6 Å². The summed E-state index contributed by atoms with van der Waals surface area (Å²) in [4.78, 5) is 10.3. The predicted octanol–water partition coefficient (Wildman–Crippen LogP) is 4.94. The number of carboxylic acid groups (broad SMARTS) is 1. The van der Waals surface area contributed by atoms with E-state index in [9.17, 15) is 4.79 Å². The summed E-state index contributed by atoms with van der Waals surface area (Å²) >= 11 is 0. The first-order valence-corrected chi connectivity index (χ1v) is 7.04. The van der Waals surface area contributed by atoms with E-state index in [1.807, 2.05) is 0 Å². The monoisotopic (exact) mass is 240 g/mol. The molecule has 0 fully saturated rings. The molecule has 0 atom stereocenters. The minimum atomic E-state index is -0.667. The molecule has 0 unspecified atom stereocenters. The summed E-state index contributed by atoms with van der Waals surface area (Å²) in [6.07, 6.45) is 13.3. The van der Waals surface area contributed by atoms with Gasteiger partial charge in [-0.2, -0.15) is 0 Å². The van der Waals surface area contributed by atoms with Gasteiger partial charge in [-0.05, 0) is 32.6 Å². The Morgan fingerprint density at radius 2 is 1.59 bits per heavy atom. The Labute approximate surface area is 106 Å². The second-order valence-corrected chi connectivity index (χ2v) is 4.85. The second kappa shape index (κ2) is 11.7. The van der Waals surface area contributed by atoms with Crippen molar-refractivity contribution in [3.63, 3.8) is 0 Å². The molecule has 2 nitrogen and oxygen atoms in total. The van der Waals surface area contributed by atoms with E-state index in [-0.39, 0.29) is 0 Å². The van der Waals surface area contributed by atoms with Crippen LogP contribution in [-0.4, -0.2) is 11.1 Å². The van der Waals surface area contributed by atoms with Crippen molar-refractivity contribution >= 4 is 5.97 Å².